The molecule has 36 heavy (non-hydrogen) atoms. The Morgan fingerprint density at radius 2 is 1.44 bits per heavy atom. The molecule has 0 atom stereocenters. The molecular formula is C24H20BrF7N2OS. The van der Waals surface area contributed by atoms with E-state index >= 15 is 0 Å². The van der Waals surface area contributed by atoms with Gasteiger partial charge in [-0.05, 0) is 83.7 Å². The van der Waals surface area contributed by atoms with E-state index in [1.165, 1.54) is 39.1 Å². The van der Waals surface area contributed by atoms with Gasteiger partial charge in [0.05, 0.1) is 36.6 Å². The van der Waals surface area contributed by atoms with Crippen LogP contribution in [0, 0.1) is 12.7 Å². The van der Waals surface area contributed by atoms with E-state index in [2.05, 4.69) is 15.9 Å². The molecule has 194 valence electrons. The third kappa shape index (κ3) is 5.24. The molecule has 2 N–H and O–H groups in total. The predicted molar refractivity (Wildman–Crippen MR) is 129 cm³/mol. The number of thiophene rings is 1. The van der Waals surface area contributed by atoms with Gasteiger partial charge in [-0.15, -0.1) is 11.3 Å². The lowest BCUT2D eigenvalue weighted by Crippen LogP contribution is -2.42. The van der Waals surface area contributed by atoms with Crippen molar-refractivity contribution in [1.29, 1.82) is 0 Å². The Morgan fingerprint density at radius 3 is 1.92 bits per heavy atom. The van der Waals surface area contributed by atoms with Gasteiger partial charge in [0.25, 0.3) is 0 Å². The number of likely N-dealkylation sites (N-methyl/N-ethyl adjacent to an activating group) is 1. The first kappa shape index (κ1) is 28.0. The molecule has 0 aliphatic heterocycles. The molecule has 0 radical (unpaired) electrons. The molecule has 2 aromatic carbocycles. The fourth-order valence-electron chi connectivity index (χ4n) is 3.77. The van der Waals surface area contributed by atoms with Crippen molar-refractivity contribution in [2.24, 2.45) is 0 Å². The summed E-state index contributed by atoms with van der Waals surface area (Å²) in [6.45, 7) is 4.13. The third-order valence-corrected chi connectivity index (χ3v) is 7.72. The van der Waals surface area contributed by atoms with E-state index in [-0.39, 0.29) is 17.4 Å². The Hall–Kier alpha value is -2.60. The number of aryl methyl sites for hydroxylation is 1. The largest absolute Gasteiger partial charge is 0.416 e. The van der Waals surface area contributed by atoms with Gasteiger partial charge in [0.1, 0.15) is 5.82 Å². The van der Waals surface area contributed by atoms with Gasteiger partial charge in [-0.3, -0.25) is 4.79 Å². The van der Waals surface area contributed by atoms with Crippen LogP contribution in [-0.2, 0) is 22.6 Å². The molecule has 3 rings (SSSR count). The zero-order valence-electron chi connectivity index (χ0n) is 19.3. The van der Waals surface area contributed by atoms with Gasteiger partial charge in [-0.25, -0.2) is 4.39 Å². The maximum absolute atomic E-state index is 13.7. The highest BCUT2D eigenvalue weighted by Gasteiger charge is 2.41. The second-order valence-corrected chi connectivity index (χ2v) is 11.0. The average Bonchev–Trinajstić information content (AvgIpc) is 3.05. The van der Waals surface area contributed by atoms with Gasteiger partial charge in [-0.2, -0.15) is 26.3 Å². The molecule has 0 aliphatic rings. The number of rotatable bonds is 4. The molecule has 1 amide bonds. The number of nitrogens with two attached hydrogens (primary N) is 1. The minimum absolute atomic E-state index is 0.0111. The lowest BCUT2D eigenvalue weighted by Gasteiger charge is -2.31. The molecule has 0 unspecified atom stereocenters. The standard InChI is InChI=1S/C24H20BrF7N2OS/c1-11-7-15(26)5-6-16(11)19-18(17(33)20(25)36-19)34(4)21(35)22(2,3)12-8-13(23(27,28)29)10-14(9-12)24(30,31)32/h5-10H,33H2,1-4H3. The quantitative estimate of drug-likeness (QED) is 0.309. The highest BCUT2D eigenvalue weighted by atomic mass is 79.9. The molecule has 12 heteroatoms. The summed E-state index contributed by atoms with van der Waals surface area (Å²) in [4.78, 5) is 15.2. The van der Waals surface area contributed by atoms with E-state index in [9.17, 15) is 35.5 Å². The number of carbonyl (C=O) groups excluding carboxylic acids is 1. The van der Waals surface area contributed by atoms with E-state index in [1.807, 2.05) is 0 Å². The van der Waals surface area contributed by atoms with Crippen molar-refractivity contribution in [2.45, 2.75) is 38.5 Å². The summed E-state index contributed by atoms with van der Waals surface area (Å²) in [6.07, 6.45) is -10.1. The first-order valence-corrected chi connectivity index (χ1v) is 11.9. The lowest BCUT2D eigenvalue weighted by molar-refractivity contribution is -0.143. The Labute approximate surface area is 214 Å². The maximum atomic E-state index is 13.7. The molecule has 0 fully saturated rings. The molecule has 0 saturated carbocycles. The number of halogens is 8. The van der Waals surface area contributed by atoms with E-state index in [4.69, 9.17) is 5.73 Å². The molecular weight excluding hydrogens is 577 g/mol. The molecule has 1 heterocycles. The second kappa shape index (κ2) is 9.37. The highest BCUT2D eigenvalue weighted by Crippen LogP contribution is 2.49. The number of benzene rings is 2. The summed E-state index contributed by atoms with van der Waals surface area (Å²) in [6, 6.07) is 5.10. The lowest BCUT2D eigenvalue weighted by atomic mass is 9.81. The highest BCUT2D eigenvalue weighted by molar-refractivity contribution is 9.11. The number of hydrogen-bond acceptors (Lipinski definition) is 3. The summed E-state index contributed by atoms with van der Waals surface area (Å²) in [7, 11) is 1.33. The fourth-order valence-corrected chi connectivity index (χ4v) is 5.51. The Balaban J connectivity index is 2.15. The minimum atomic E-state index is -5.06. The van der Waals surface area contributed by atoms with Crippen LogP contribution in [0.5, 0.6) is 0 Å². The van der Waals surface area contributed by atoms with Gasteiger partial charge in [0.15, 0.2) is 0 Å². The molecule has 0 bridgehead atoms. The van der Waals surface area contributed by atoms with E-state index in [0.717, 1.165) is 16.2 Å². The van der Waals surface area contributed by atoms with Crippen molar-refractivity contribution < 1.29 is 35.5 Å². The number of nitrogens with zero attached hydrogens (tertiary/aromatic N) is 1. The fraction of sp³-hybridized carbons (Fsp3) is 0.292. The van der Waals surface area contributed by atoms with Crippen LogP contribution in [0.3, 0.4) is 0 Å². The second-order valence-electron chi connectivity index (χ2n) is 8.71. The summed E-state index contributed by atoms with van der Waals surface area (Å²) < 4.78 is 94.5. The zero-order chi connectivity index (χ0) is 27.4. The number of amides is 1. The first-order valence-electron chi connectivity index (χ1n) is 10.3. The first-order chi connectivity index (χ1) is 16.4. The van der Waals surface area contributed by atoms with Crippen LogP contribution in [0.4, 0.5) is 42.1 Å². The summed E-state index contributed by atoms with van der Waals surface area (Å²) in [5, 5.41) is 0. The van der Waals surface area contributed by atoms with Crippen LogP contribution in [0.2, 0.25) is 0 Å². The molecule has 1 aromatic heterocycles. The van der Waals surface area contributed by atoms with Crippen molar-refractivity contribution in [3.8, 4) is 10.4 Å². The van der Waals surface area contributed by atoms with Crippen molar-refractivity contribution >= 4 is 44.5 Å². The topological polar surface area (TPSA) is 46.3 Å². The van der Waals surface area contributed by atoms with Crippen LogP contribution >= 0.6 is 27.3 Å². The van der Waals surface area contributed by atoms with Crippen LogP contribution in [-0.4, -0.2) is 13.0 Å². The van der Waals surface area contributed by atoms with E-state index in [1.54, 1.807) is 6.92 Å². The maximum Gasteiger partial charge on any atom is 0.416 e. The van der Waals surface area contributed by atoms with Gasteiger partial charge in [0.2, 0.25) is 5.91 Å². The Kier molecular flexibility index (Phi) is 7.28. The summed E-state index contributed by atoms with van der Waals surface area (Å²) in [5.41, 5.74) is 2.33. The molecule has 3 aromatic rings. The molecule has 0 spiro atoms. The van der Waals surface area contributed by atoms with Crippen LogP contribution in [0.25, 0.3) is 10.4 Å². The van der Waals surface area contributed by atoms with Gasteiger partial charge >= 0.3 is 12.4 Å². The Bertz CT molecular complexity index is 1300. The van der Waals surface area contributed by atoms with Crippen LogP contribution < -0.4 is 10.6 Å². The van der Waals surface area contributed by atoms with Gasteiger partial charge < -0.3 is 10.6 Å². The van der Waals surface area contributed by atoms with Crippen LogP contribution in [0.15, 0.2) is 40.2 Å². The van der Waals surface area contributed by atoms with Crippen molar-refractivity contribution in [1.82, 2.24) is 0 Å². The van der Waals surface area contributed by atoms with Crippen molar-refractivity contribution in [2.75, 3.05) is 17.7 Å². The monoisotopic (exact) mass is 596 g/mol. The normalized spacial score (nSPS) is 12.7. The third-order valence-electron chi connectivity index (χ3n) is 5.79. The van der Waals surface area contributed by atoms with Gasteiger partial charge in [-0.1, -0.05) is 6.07 Å². The number of nitrogen functional groups attached to an aromatic ring is 1. The number of carbonyl (C=O) groups is 1. The van der Waals surface area contributed by atoms with E-state index < -0.39 is 46.2 Å². The smallest absolute Gasteiger partial charge is 0.395 e. The number of anilines is 2. The summed E-state index contributed by atoms with van der Waals surface area (Å²) >= 11 is 4.47. The zero-order valence-corrected chi connectivity index (χ0v) is 21.7. The Morgan fingerprint density at radius 1 is 0.944 bits per heavy atom. The SMILES string of the molecule is Cc1cc(F)ccc1-c1sc(Br)c(N)c1N(C)C(=O)C(C)(C)c1cc(C(F)(F)F)cc(C(F)(F)F)c1. The van der Waals surface area contributed by atoms with Crippen molar-refractivity contribution in [3.05, 3.63) is 68.3 Å². The van der Waals surface area contributed by atoms with E-state index in [0.29, 0.717) is 31.9 Å². The molecule has 3 nitrogen and oxygen atoms in total. The van der Waals surface area contributed by atoms with Crippen molar-refractivity contribution in [3.63, 3.8) is 0 Å². The number of hydrogen-bond donors (Lipinski definition) is 1. The summed E-state index contributed by atoms with van der Waals surface area (Å²) in [5.74, 6) is -1.27. The molecule has 0 saturated heterocycles. The number of alkyl halides is 6. The predicted octanol–water partition coefficient (Wildman–Crippen LogP) is 8.19. The minimum Gasteiger partial charge on any atom is -0.395 e. The molecule has 0 aliphatic carbocycles. The van der Waals surface area contributed by atoms with Gasteiger partial charge in [0, 0.05) is 7.05 Å². The average molecular weight is 597 g/mol. The van der Waals surface area contributed by atoms with Crippen LogP contribution in [0.1, 0.15) is 36.1 Å².